The third-order valence-electron chi connectivity index (χ3n) is 1.88. The van der Waals surface area contributed by atoms with E-state index < -0.39 is 29.6 Å². The third-order valence-corrected chi connectivity index (χ3v) is 1.88. The van der Waals surface area contributed by atoms with Crippen molar-refractivity contribution >= 4 is 17.7 Å². The van der Waals surface area contributed by atoms with E-state index in [1.165, 1.54) is 0 Å². The van der Waals surface area contributed by atoms with Crippen molar-refractivity contribution in [3.05, 3.63) is 23.4 Å². The summed E-state index contributed by atoms with van der Waals surface area (Å²) < 4.78 is 36.4. The lowest BCUT2D eigenvalue weighted by molar-refractivity contribution is -0.141. The van der Waals surface area contributed by atoms with E-state index in [-0.39, 0.29) is 5.56 Å². The molecule has 1 heterocycles. The van der Waals surface area contributed by atoms with Crippen LogP contribution in [0.25, 0.3) is 0 Å². The van der Waals surface area contributed by atoms with E-state index in [9.17, 15) is 22.8 Å². The fraction of sp³-hybridized carbons (Fsp3) is 0.364. The number of hydrogen-bond acceptors (Lipinski definition) is 4. The number of hydrogen-bond donors (Lipinski definition) is 3. The quantitative estimate of drug-likeness (QED) is 0.782. The van der Waals surface area contributed by atoms with Gasteiger partial charge in [-0.25, -0.2) is 4.98 Å². The Labute approximate surface area is 112 Å². The van der Waals surface area contributed by atoms with Crippen LogP contribution in [0.15, 0.2) is 12.1 Å². The Morgan fingerprint density at radius 2 is 1.90 bits per heavy atom. The van der Waals surface area contributed by atoms with Gasteiger partial charge in [-0.15, -0.1) is 0 Å². The predicted octanol–water partition coefficient (Wildman–Crippen LogP) is 1.65. The highest BCUT2D eigenvalue weighted by atomic mass is 19.4. The van der Waals surface area contributed by atoms with Crippen LogP contribution in [0, 0.1) is 0 Å². The van der Waals surface area contributed by atoms with Crippen LogP contribution in [0.2, 0.25) is 0 Å². The number of nitrogens with zero attached hydrogens (tertiary/aromatic N) is 1. The van der Waals surface area contributed by atoms with E-state index in [0.29, 0.717) is 12.5 Å². The van der Waals surface area contributed by atoms with E-state index in [4.69, 9.17) is 16.6 Å². The van der Waals surface area contributed by atoms with E-state index in [2.05, 4.69) is 4.98 Å². The number of carboxylic acids is 1. The van der Waals surface area contributed by atoms with Crippen LogP contribution < -0.4 is 11.5 Å². The second-order valence-electron chi connectivity index (χ2n) is 3.67. The average Bonchev–Trinajstić information content (AvgIpc) is 2.27. The molecule has 0 aliphatic heterocycles. The van der Waals surface area contributed by atoms with Gasteiger partial charge in [-0.05, 0) is 18.6 Å². The molecule has 5 N–H and O–H groups in total. The average molecular weight is 293 g/mol. The highest BCUT2D eigenvalue weighted by Crippen LogP contribution is 2.28. The first kappa shape index (κ1) is 17.7. The molecule has 1 rings (SSSR count). The fourth-order valence-corrected chi connectivity index (χ4v) is 1.05. The molecular weight excluding hydrogens is 279 g/mol. The monoisotopic (exact) mass is 293 g/mol. The van der Waals surface area contributed by atoms with Crippen molar-refractivity contribution in [3.63, 3.8) is 0 Å². The molecule has 0 bridgehead atoms. The Morgan fingerprint density at radius 1 is 1.35 bits per heavy atom. The number of aromatic nitrogens is 1. The lowest BCUT2D eigenvalue weighted by atomic mass is 10.2. The van der Waals surface area contributed by atoms with Gasteiger partial charge in [0.05, 0.1) is 0 Å². The Kier molecular flexibility index (Phi) is 6.47. The van der Waals surface area contributed by atoms with Crippen molar-refractivity contribution in [1.29, 1.82) is 0 Å². The minimum absolute atomic E-state index is 0.292. The number of aliphatic carboxylic acids is 1. The highest BCUT2D eigenvalue weighted by Gasteiger charge is 2.33. The van der Waals surface area contributed by atoms with Gasteiger partial charge in [-0.3, -0.25) is 9.59 Å². The number of alkyl halides is 3. The molecular formula is C11H14F3N3O3. The van der Waals surface area contributed by atoms with Gasteiger partial charge in [-0.1, -0.05) is 6.92 Å². The lowest BCUT2D eigenvalue weighted by Crippen LogP contribution is -2.16. The number of carboxylic acid groups (broad SMARTS) is 1. The van der Waals surface area contributed by atoms with Crippen LogP contribution in [0.1, 0.15) is 35.8 Å². The van der Waals surface area contributed by atoms with Crippen molar-refractivity contribution < 1.29 is 27.9 Å². The number of carbonyl (C=O) groups excluding carboxylic acids is 1. The Balaban J connectivity index is 0.000000511. The first-order chi connectivity index (χ1) is 9.07. The van der Waals surface area contributed by atoms with E-state index in [0.717, 1.165) is 12.5 Å². The molecule has 1 amide bonds. The number of rotatable bonds is 3. The number of carbonyl (C=O) groups is 2. The molecule has 0 atom stereocenters. The number of nitrogens with two attached hydrogens (primary N) is 2. The summed E-state index contributed by atoms with van der Waals surface area (Å²) in [5.74, 6) is -2.09. The summed E-state index contributed by atoms with van der Waals surface area (Å²) >= 11 is 0. The van der Waals surface area contributed by atoms with Crippen LogP contribution in [0.4, 0.5) is 19.0 Å². The molecule has 6 nitrogen and oxygen atoms in total. The molecule has 0 aliphatic rings. The molecule has 20 heavy (non-hydrogen) atoms. The molecule has 0 unspecified atom stereocenters. The first-order valence-electron chi connectivity index (χ1n) is 5.44. The molecule has 9 heteroatoms. The summed E-state index contributed by atoms with van der Waals surface area (Å²) in [5.41, 5.74) is 8.33. The SMILES string of the molecule is CCCC(=O)O.NC(=O)c1cc(N)nc(C(F)(F)F)c1. The maximum atomic E-state index is 12.1. The van der Waals surface area contributed by atoms with Crippen LogP contribution >= 0.6 is 0 Å². The minimum Gasteiger partial charge on any atom is -0.481 e. The molecule has 0 fully saturated rings. The maximum Gasteiger partial charge on any atom is 0.433 e. The highest BCUT2D eigenvalue weighted by molar-refractivity contribution is 5.93. The van der Waals surface area contributed by atoms with Crippen molar-refractivity contribution in [1.82, 2.24) is 4.98 Å². The standard InChI is InChI=1S/C7H6F3N3O.C4H8O2/c8-7(9,10)4-1-3(6(12)14)2-5(11)13-4;1-2-3-4(5)6/h1-2H,(H2,11,13)(H2,12,14);2-3H2,1H3,(H,5,6). The van der Waals surface area contributed by atoms with Crippen molar-refractivity contribution in [2.75, 3.05) is 5.73 Å². The van der Waals surface area contributed by atoms with E-state index in [1.807, 2.05) is 6.92 Å². The summed E-state index contributed by atoms with van der Waals surface area (Å²) in [5, 5.41) is 7.91. The zero-order valence-corrected chi connectivity index (χ0v) is 10.6. The molecule has 0 aromatic carbocycles. The predicted molar refractivity (Wildman–Crippen MR) is 64.7 cm³/mol. The summed E-state index contributed by atoms with van der Waals surface area (Å²) in [6.07, 6.45) is -3.62. The topological polar surface area (TPSA) is 119 Å². The minimum atomic E-state index is -4.64. The number of pyridine rings is 1. The first-order valence-corrected chi connectivity index (χ1v) is 5.44. The smallest absolute Gasteiger partial charge is 0.433 e. The van der Waals surface area contributed by atoms with Crippen molar-refractivity contribution in [3.8, 4) is 0 Å². The molecule has 112 valence electrons. The summed E-state index contributed by atoms with van der Waals surface area (Å²) in [7, 11) is 0. The van der Waals surface area contributed by atoms with Crippen molar-refractivity contribution in [2.24, 2.45) is 5.73 Å². The normalized spacial score (nSPS) is 10.4. The maximum absolute atomic E-state index is 12.1. The molecule has 0 radical (unpaired) electrons. The second-order valence-corrected chi connectivity index (χ2v) is 3.67. The van der Waals surface area contributed by atoms with Gasteiger partial charge in [0.25, 0.3) is 0 Å². The van der Waals surface area contributed by atoms with Crippen LogP contribution in [0.5, 0.6) is 0 Å². The fourth-order valence-electron chi connectivity index (χ4n) is 1.05. The van der Waals surface area contributed by atoms with Crippen LogP contribution in [0.3, 0.4) is 0 Å². The Hall–Kier alpha value is -2.32. The van der Waals surface area contributed by atoms with Gasteiger partial charge < -0.3 is 16.6 Å². The number of halogens is 3. The third kappa shape index (κ3) is 6.57. The zero-order chi connectivity index (χ0) is 15.9. The van der Waals surface area contributed by atoms with E-state index >= 15 is 0 Å². The van der Waals surface area contributed by atoms with Crippen LogP contribution in [-0.4, -0.2) is 22.0 Å². The summed E-state index contributed by atoms with van der Waals surface area (Å²) in [6, 6.07) is 1.54. The second kappa shape index (κ2) is 7.31. The zero-order valence-electron chi connectivity index (χ0n) is 10.6. The Bertz CT molecular complexity index is 490. The lowest BCUT2D eigenvalue weighted by Gasteiger charge is -2.07. The summed E-state index contributed by atoms with van der Waals surface area (Å²) in [4.78, 5) is 23.2. The van der Waals surface area contributed by atoms with Gasteiger partial charge in [0, 0.05) is 12.0 Å². The number of anilines is 1. The number of nitrogen functional groups attached to an aromatic ring is 1. The van der Waals surface area contributed by atoms with Gasteiger partial charge in [0.1, 0.15) is 11.5 Å². The van der Waals surface area contributed by atoms with Crippen LogP contribution in [-0.2, 0) is 11.0 Å². The van der Waals surface area contributed by atoms with Gasteiger partial charge in [0.15, 0.2) is 0 Å². The molecule has 0 spiro atoms. The van der Waals surface area contributed by atoms with Gasteiger partial charge >= 0.3 is 12.1 Å². The molecule has 1 aromatic rings. The largest absolute Gasteiger partial charge is 0.481 e. The van der Waals surface area contributed by atoms with Crippen molar-refractivity contribution in [2.45, 2.75) is 25.9 Å². The molecule has 0 aliphatic carbocycles. The van der Waals surface area contributed by atoms with E-state index in [1.54, 1.807) is 0 Å². The van der Waals surface area contributed by atoms with Gasteiger partial charge in [-0.2, -0.15) is 13.2 Å². The number of amides is 1. The summed E-state index contributed by atoms with van der Waals surface area (Å²) in [6.45, 7) is 1.84. The molecule has 0 saturated heterocycles. The Morgan fingerprint density at radius 3 is 2.20 bits per heavy atom. The van der Waals surface area contributed by atoms with Gasteiger partial charge in [0.2, 0.25) is 5.91 Å². The molecule has 0 saturated carbocycles. The number of primary amides is 1. The molecule has 1 aromatic heterocycles.